The predicted molar refractivity (Wildman–Crippen MR) is 143 cm³/mol. The van der Waals surface area contributed by atoms with Crippen LogP contribution in [0.25, 0.3) is 0 Å². The number of nitriles is 1. The number of allylic oxidation sites excluding steroid dienone is 2. The Morgan fingerprint density at radius 2 is 1.69 bits per heavy atom. The summed E-state index contributed by atoms with van der Waals surface area (Å²) in [5.74, 6) is -1.10. The molecule has 2 amide bonds. The Hall–Kier alpha value is -4.06. The van der Waals surface area contributed by atoms with Gasteiger partial charge in [0, 0.05) is 40.1 Å². The van der Waals surface area contributed by atoms with E-state index in [0.29, 0.717) is 38.3 Å². The first kappa shape index (κ1) is 25.0. The standard InChI is InChI=1S/C27H22ClN5O2S/c1-17-24(26(35)33-20-5-3-2-4-6-20)25(18-11-13-30-14-12-18)22(15-29)27(31-17)36-16-23(34)32-21-9-7-19(28)8-10-21/h2-14,25,31H,16H2,1H3,(H,32,34)(H,33,35)/t25-/m0/s1. The van der Waals surface area contributed by atoms with Crippen LogP contribution in [0.4, 0.5) is 11.4 Å². The lowest BCUT2D eigenvalue weighted by Gasteiger charge is -2.29. The first-order valence-corrected chi connectivity index (χ1v) is 12.4. The highest BCUT2D eigenvalue weighted by atomic mass is 35.5. The largest absolute Gasteiger partial charge is 0.353 e. The second kappa shape index (κ2) is 11.6. The molecule has 0 unspecified atom stereocenters. The van der Waals surface area contributed by atoms with Gasteiger partial charge in [-0.15, -0.1) is 0 Å². The van der Waals surface area contributed by atoms with Crippen molar-refractivity contribution in [2.75, 3.05) is 16.4 Å². The fourth-order valence-electron chi connectivity index (χ4n) is 3.80. The van der Waals surface area contributed by atoms with Crippen LogP contribution < -0.4 is 16.0 Å². The van der Waals surface area contributed by atoms with Crippen molar-refractivity contribution in [3.05, 3.63) is 112 Å². The van der Waals surface area contributed by atoms with Gasteiger partial charge in [0.15, 0.2) is 0 Å². The number of halogens is 1. The highest BCUT2D eigenvalue weighted by molar-refractivity contribution is 8.03. The average Bonchev–Trinajstić information content (AvgIpc) is 2.89. The highest BCUT2D eigenvalue weighted by Gasteiger charge is 2.34. The molecule has 3 N–H and O–H groups in total. The molecule has 0 aliphatic carbocycles. The van der Waals surface area contributed by atoms with Crippen molar-refractivity contribution in [1.82, 2.24) is 10.3 Å². The minimum Gasteiger partial charge on any atom is -0.353 e. The zero-order chi connectivity index (χ0) is 25.5. The van der Waals surface area contributed by atoms with Crippen LogP contribution in [-0.2, 0) is 9.59 Å². The van der Waals surface area contributed by atoms with Crippen LogP contribution >= 0.6 is 23.4 Å². The monoisotopic (exact) mass is 515 g/mol. The molecule has 36 heavy (non-hydrogen) atoms. The summed E-state index contributed by atoms with van der Waals surface area (Å²) in [5.41, 5.74) is 3.42. The molecule has 4 rings (SSSR count). The Morgan fingerprint density at radius 1 is 1.03 bits per heavy atom. The van der Waals surface area contributed by atoms with Crippen molar-refractivity contribution in [1.29, 1.82) is 5.26 Å². The molecule has 7 nitrogen and oxygen atoms in total. The maximum atomic E-state index is 13.4. The second-order valence-electron chi connectivity index (χ2n) is 7.90. The number of anilines is 2. The Labute approximate surface area is 218 Å². The van der Waals surface area contributed by atoms with Gasteiger partial charge in [-0.25, -0.2) is 0 Å². The van der Waals surface area contributed by atoms with Gasteiger partial charge in [-0.3, -0.25) is 14.6 Å². The predicted octanol–water partition coefficient (Wildman–Crippen LogP) is 5.44. The van der Waals surface area contributed by atoms with Crippen molar-refractivity contribution < 1.29 is 9.59 Å². The maximum absolute atomic E-state index is 13.4. The maximum Gasteiger partial charge on any atom is 0.254 e. The minimum atomic E-state index is -0.621. The normalized spacial score (nSPS) is 15.1. The average molecular weight is 516 g/mol. The Balaban J connectivity index is 1.60. The van der Waals surface area contributed by atoms with Gasteiger partial charge in [-0.2, -0.15) is 5.26 Å². The van der Waals surface area contributed by atoms with E-state index in [-0.39, 0.29) is 17.6 Å². The van der Waals surface area contributed by atoms with Gasteiger partial charge in [-0.1, -0.05) is 41.6 Å². The zero-order valence-electron chi connectivity index (χ0n) is 19.3. The van der Waals surface area contributed by atoms with Crippen LogP contribution in [0.2, 0.25) is 5.02 Å². The molecule has 3 aromatic rings. The first-order chi connectivity index (χ1) is 17.5. The van der Waals surface area contributed by atoms with Crippen LogP contribution in [0.15, 0.2) is 101 Å². The first-order valence-electron chi connectivity index (χ1n) is 11.0. The molecule has 0 saturated heterocycles. The third kappa shape index (κ3) is 5.95. The summed E-state index contributed by atoms with van der Waals surface area (Å²) in [5, 5.41) is 20.2. The number of carbonyl (C=O) groups excluding carboxylic acids is 2. The number of rotatable bonds is 7. The fraction of sp³-hybridized carbons (Fsp3) is 0.111. The van der Waals surface area contributed by atoms with E-state index in [1.165, 1.54) is 11.8 Å². The highest BCUT2D eigenvalue weighted by Crippen LogP contribution is 2.40. The fourth-order valence-corrected chi connectivity index (χ4v) is 4.82. The molecule has 0 bridgehead atoms. The van der Waals surface area contributed by atoms with Gasteiger partial charge in [-0.05, 0) is 61.0 Å². The molecule has 2 aromatic carbocycles. The van der Waals surface area contributed by atoms with Crippen molar-refractivity contribution in [3.8, 4) is 6.07 Å². The number of nitrogens with one attached hydrogen (secondary N) is 3. The van der Waals surface area contributed by atoms with Gasteiger partial charge in [0.1, 0.15) is 0 Å². The number of pyridine rings is 1. The number of benzene rings is 2. The second-order valence-corrected chi connectivity index (χ2v) is 9.32. The van der Waals surface area contributed by atoms with Crippen molar-refractivity contribution >= 4 is 46.6 Å². The molecular weight excluding hydrogens is 494 g/mol. The van der Waals surface area contributed by atoms with Crippen LogP contribution in [0.1, 0.15) is 18.4 Å². The molecule has 0 fully saturated rings. The number of para-hydroxylation sites is 1. The summed E-state index contributed by atoms with van der Waals surface area (Å²) in [4.78, 5) is 30.0. The molecule has 1 aliphatic rings. The van der Waals surface area contributed by atoms with E-state index >= 15 is 0 Å². The number of nitrogens with zero attached hydrogens (tertiary/aromatic N) is 2. The third-order valence-corrected chi connectivity index (χ3v) is 6.71. The van der Waals surface area contributed by atoms with Crippen LogP contribution in [0.3, 0.4) is 0 Å². The van der Waals surface area contributed by atoms with E-state index in [9.17, 15) is 14.9 Å². The lowest BCUT2D eigenvalue weighted by molar-refractivity contribution is -0.114. The van der Waals surface area contributed by atoms with Crippen molar-refractivity contribution in [3.63, 3.8) is 0 Å². The number of carbonyl (C=O) groups is 2. The Kier molecular flexibility index (Phi) is 8.06. The number of dihydropyridines is 1. The van der Waals surface area contributed by atoms with E-state index < -0.39 is 5.92 Å². The Bertz CT molecular complexity index is 1370. The number of thioether (sulfide) groups is 1. The molecular formula is C27H22ClN5O2S. The lowest BCUT2D eigenvalue weighted by Crippen LogP contribution is -2.31. The van der Waals surface area contributed by atoms with Crippen molar-refractivity contribution in [2.45, 2.75) is 12.8 Å². The van der Waals surface area contributed by atoms with E-state index in [2.05, 4.69) is 27.0 Å². The summed E-state index contributed by atoms with van der Waals surface area (Å²) in [7, 11) is 0. The molecule has 2 heterocycles. The van der Waals surface area contributed by atoms with E-state index in [1.54, 1.807) is 67.8 Å². The molecule has 0 spiro atoms. The quantitative estimate of drug-likeness (QED) is 0.386. The molecule has 9 heteroatoms. The van der Waals surface area contributed by atoms with Gasteiger partial charge in [0.25, 0.3) is 5.91 Å². The SMILES string of the molecule is CC1=C(C(=O)Nc2ccccc2)[C@@H](c2ccncc2)C(C#N)=C(SCC(=O)Nc2ccc(Cl)cc2)N1. The Morgan fingerprint density at radius 3 is 2.36 bits per heavy atom. The molecule has 1 aromatic heterocycles. The number of hydrogen-bond acceptors (Lipinski definition) is 6. The van der Waals surface area contributed by atoms with Crippen LogP contribution in [-0.4, -0.2) is 22.6 Å². The lowest BCUT2D eigenvalue weighted by atomic mass is 9.82. The van der Waals surface area contributed by atoms with Crippen LogP contribution in [0.5, 0.6) is 0 Å². The van der Waals surface area contributed by atoms with Gasteiger partial charge >= 0.3 is 0 Å². The molecule has 0 saturated carbocycles. The topological polar surface area (TPSA) is 107 Å². The molecule has 1 atom stereocenters. The molecule has 1 aliphatic heterocycles. The van der Waals surface area contributed by atoms with Gasteiger partial charge in [0.05, 0.1) is 28.3 Å². The zero-order valence-corrected chi connectivity index (χ0v) is 20.9. The summed E-state index contributed by atoms with van der Waals surface area (Å²) in [6.45, 7) is 1.79. The summed E-state index contributed by atoms with van der Waals surface area (Å²) < 4.78 is 0. The summed E-state index contributed by atoms with van der Waals surface area (Å²) in [6.07, 6.45) is 3.25. The molecule has 0 radical (unpaired) electrons. The van der Waals surface area contributed by atoms with Gasteiger partial charge < -0.3 is 16.0 Å². The smallest absolute Gasteiger partial charge is 0.254 e. The van der Waals surface area contributed by atoms with E-state index in [0.717, 1.165) is 5.56 Å². The van der Waals surface area contributed by atoms with Crippen molar-refractivity contribution in [2.24, 2.45) is 0 Å². The summed E-state index contributed by atoms with van der Waals surface area (Å²) >= 11 is 7.11. The van der Waals surface area contributed by atoms with Crippen LogP contribution in [0, 0.1) is 11.3 Å². The number of aromatic nitrogens is 1. The number of amides is 2. The minimum absolute atomic E-state index is 0.0675. The molecule has 180 valence electrons. The summed E-state index contributed by atoms with van der Waals surface area (Å²) in [6, 6.07) is 21.8. The van der Waals surface area contributed by atoms with E-state index in [1.807, 2.05) is 18.2 Å². The van der Waals surface area contributed by atoms with Gasteiger partial charge in [0.2, 0.25) is 5.91 Å². The number of hydrogen-bond donors (Lipinski definition) is 3. The van der Waals surface area contributed by atoms with E-state index in [4.69, 9.17) is 11.6 Å². The third-order valence-electron chi connectivity index (χ3n) is 5.44.